The van der Waals surface area contributed by atoms with Gasteiger partial charge in [0.15, 0.2) is 0 Å². The van der Waals surface area contributed by atoms with E-state index in [1.165, 1.54) is 25.0 Å². The van der Waals surface area contributed by atoms with E-state index in [0.717, 1.165) is 16.3 Å². The first kappa shape index (κ1) is 13.1. The summed E-state index contributed by atoms with van der Waals surface area (Å²) in [7, 11) is 1.67. The van der Waals surface area contributed by atoms with Crippen LogP contribution < -0.4 is 10.5 Å². The van der Waals surface area contributed by atoms with Crippen LogP contribution in [0.5, 0.6) is 5.75 Å². The minimum Gasteiger partial charge on any atom is -0.496 e. The highest BCUT2D eigenvalue weighted by Crippen LogP contribution is 2.37. The zero-order chi connectivity index (χ0) is 12.3. The zero-order valence-corrected chi connectivity index (χ0v) is 11.6. The third kappa shape index (κ3) is 3.09. The van der Waals surface area contributed by atoms with Gasteiger partial charge in [-0.25, -0.2) is 0 Å². The summed E-state index contributed by atoms with van der Waals surface area (Å²) in [5.74, 6) is 2.05. The summed E-state index contributed by atoms with van der Waals surface area (Å²) < 4.78 is 5.36. The first-order valence-corrected chi connectivity index (χ1v) is 7.35. The molecular weight excluding hydrogens is 254 g/mol. The first-order chi connectivity index (χ1) is 8.22. The maximum absolute atomic E-state index is 6.36. The summed E-state index contributed by atoms with van der Waals surface area (Å²) in [5.41, 5.74) is 7.38. The van der Waals surface area contributed by atoms with E-state index in [-0.39, 0.29) is 6.04 Å². The molecule has 0 amide bonds. The zero-order valence-electron chi connectivity index (χ0n) is 9.99. The fraction of sp³-hybridized carbons (Fsp3) is 0.538. The molecule has 94 valence electrons. The van der Waals surface area contributed by atoms with Crippen LogP contribution >= 0.6 is 23.4 Å². The molecule has 0 saturated carbocycles. The van der Waals surface area contributed by atoms with Crippen LogP contribution in [0, 0.1) is 0 Å². The van der Waals surface area contributed by atoms with E-state index < -0.39 is 0 Å². The van der Waals surface area contributed by atoms with Crippen molar-refractivity contribution >= 4 is 23.4 Å². The molecule has 1 aromatic rings. The quantitative estimate of drug-likeness (QED) is 0.912. The van der Waals surface area contributed by atoms with Gasteiger partial charge in [0.05, 0.1) is 7.11 Å². The second-order valence-electron chi connectivity index (χ2n) is 4.32. The van der Waals surface area contributed by atoms with E-state index in [1.54, 1.807) is 7.11 Å². The highest BCUT2D eigenvalue weighted by molar-refractivity contribution is 8.00. The van der Waals surface area contributed by atoms with Crippen molar-refractivity contribution in [2.75, 3.05) is 12.9 Å². The molecule has 2 N–H and O–H groups in total. The van der Waals surface area contributed by atoms with Gasteiger partial charge in [0, 0.05) is 21.9 Å². The average Bonchev–Trinajstić information content (AvgIpc) is 2.39. The van der Waals surface area contributed by atoms with Crippen LogP contribution in [0.2, 0.25) is 5.02 Å². The van der Waals surface area contributed by atoms with Gasteiger partial charge in [0.1, 0.15) is 5.75 Å². The molecule has 4 heteroatoms. The minimum atomic E-state index is 0.00829. The molecule has 0 bridgehead atoms. The van der Waals surface area contributed by atoms with Crippen LogP contribution in [0.15, 0.2) is 18.2 Å². The van der Waals surface area contributed by atoms with Crippen LogP contribution in [0.3, 0.4) is 0 Å². The van der Waals surface area contributed by atoms with Gasteiger partial charge in [-0.1, -0.05) is 18.0 Å². The predicted octanol–water partition coefficient (Wildman–Crippen LogP) is 3.63. The lowest BCUT2D eigenvalue weighted by molar-refractivity contribution is 0.403. The highest BCUT2D eigenvalue weighted by atomic mass is 35.5. The number of halogens is 1. The van der Waals surface area contributed by atoms with Gasteiger partial charge < -0.3 is 10.5 Å². The first-order valence-electron chi connectivity index (χ1n) is 5.93. The predicted molar refractivity (Wildman–Crippen MR) is 75.0 cm³/mol. The van der Waals surface area contributed by atoms with Crippen molar-refractivity contribution in [2.24, 2.45) is 5.73 Å². The normalized spacial score (nSPS) is 22.2. The summed E-state index contributed by atoms with van der Waals surface area (Å²) in [6, 6.07) is 5.67. The Labute approximate surface area is 112 Å². The molecule has 1 fully saturated rings. The van der Waals surface area contributed by atoms with Crippen molar-refractivity contribution in [3.8, 4) is 5.75 Å². The fourth-order valence-corrected chi connectivity index (χ4v) is 3.76. The maximum atomic E-state index is 6.36. The number of ether oxygens (including phenoxy) is 1. The number of hydrogen-bond donors (Lipinski definition) is 1. The maximum Gasteiger partial charge on any atom is 0.123 e. The fourth-order valence-electron chi connectivity index (χ4n) is 2.21. The molecule has 0 aliphatic carbocycles. The largest absolute Gasteiger partial charge is 0.496 e. The summed E-state index contributed by atoms with van der Waals surface area (Å²) >= 11 is 8.01. The van der Waals surface area contributed by atoms with Crippen molar-refractivity contribution in [3.05, 3.63) is 28.8 Å². The Morgan fingerprint density at radius 2 is 2.29 bits per heavy atom. The van der Waals surface area contributed by atoms with Crippen LogP contribution in [0.1, 0.15) is 30.9 Å². The average molecular weight is 272 g/mol. The van der Waals surface area contributed by atoms with E-state index in [0.29, 0.717) is 5.25 Å². The van der Waals surface area contributed by atoms with Gasteiger partial charge in [-0.15, -0.1) is 0 Å². The molecule has 1 aromatic carbocycles. The Morgan fingerprint density at radius 1 is 1.47 bits per heavy atom. The second-order valence-corrected chi connectivity index (χ2v) is 6.10. The lowest BCUT2D eigenvalue weighted by atomic mass is 9.99. The number of nitrogens with two attached hydrogens (primary N) is 1. The lowest BCUT2D eigenvalue weighted by Crippen LogP contribution is -2.26. The molecule has 2 atom stereocenters. The van der Waals surface area contributed by atoms with Gasteiger partial charge in [-0.3, -0.25) is 0 Å². The van der Waals surface area contributed by atoms with Crippen molar-refractivity contribution in [3.63, 3.8) is 0 Å². The number of hydrogen-bond acceptors (Lipinski definition) is 3. The number of thioether (sulfide) groups is 1. The van der Waals surface area contributed by atoms with Gasteiger partial charge >= 0.3 is 0 Å². The van der Waals surface area contributed by atoms with E-state index in [4.69, 9.17) is 22.1 Å². The highest BCUT2D eigenvalue weighted by Gasteiger charge is 2.24. The molecule has 2 nitrogen and oxygen atoms in total. The van der Waals surface area contributed by atoms with Crippen molar-refractivity contribution < 1.29 is 4.74 Å². The molecule has 1 aliphatic heterocycles. The molecule has 1 saturated heterocycles. The van der Waals surface area contributed by atoms with Crippen LogP contribution in [0.4, 0.5) is 0 Å². The summed E-state index contributed by atoms with van der Waals surface area (Å²) in [4.78, 5) is 0. The molecule has 0 aromatic heterocycles. The standard InChI is InChI=1S/C13H18ClNOS/c1-16-11-6-5-9(14)8-10(11)13(15)12-4-2-3-7-17-12/h5-6,8,12-13H,2-4,7,15H2,1H3. The minimum absolute atomic E-state index is 0.00829. The molecule has 2 rings (SSSR count). The Hall–Kier alpha value is -0.380. The van der Waals surface area contributed by atoms with Gasteiger partial charge in [0.25, 0.3) is 0 Å². The van der Waals surface area contributed by atoms with E-state index in [2.05, 4.69) is 0 Å². The van der Waals surface area contributed by atoms with Gasteiger partial charge in [-0.05, 0) is 36.8 Å². The number of rotatable bonds is 3. The molecule has 0 radical (unpaired) electrons. The van der Waals surface area contributed by atoms with Gasteiger partial charge in [0.2, 0.25) is 0 Å². The summed E-state index contributed by atoms with van der Waals surface area (Å²) in [5, 5.41) is 1.20. The molecular formula is C13H18ClNOS. The molecule has 17 heavy (non-hydrogen) atoms. The Morgan fingerprint density at radius 3 is 2.94 bits per heavy atom. The molecule has 1 heterocycles. The Bertz CT molecular complexity index is 380. The summed E-state index contributed by atoms with van der Waals surface area (Å²) in [6.07, 6.45) is 3.76. The molecule has 2 unspecified atom stereocenters. The van der Waals surface area contributed by atoms with Crippen LogP contribution in [-0.4, -0.2) is 18.1 Å². The number of benzene rings is 1. The van der Waals surface area contributed by atoms with Crippen LogP contribution in [0.25, 0.3) is 0 Å². The van der Waals surface area contributed by atoms with Crippen LogP contribution in [-0.2, 0) is 0 Å². The number of methoxy groups -OCH3 is 1. The molecule has 1 aliphatic rings. The summed E-state index contributed by atoms with van der Waals surface area (Å²) in [6.45, 7) is 0. The van der Waals surface area contributed by atoms with E-state index in [9.17, 15) is 0 Å². The van der Waals surface area contributed by atoms with Gasteiger partial charge in [-0.2, -0.15) is 11.8 Å². The second kappa shape index (κ2) is 5.98. The van der Waals surface area contributed by atoms with E-state index in [1.807, 2.05) is 30.0 Å². The van der Waals surface area contributed by atoms with Crippen molar-refractivity contribution in [1.29, 1.82) is 0 Å². The topological polar surface area (TPSA) is 35.2 Å². The Balaban J connectivity index is 2.21. The monoisotopic (exact) mass is 271 g/mol. The van der Waals surface area contributed by atoms with E-state index >= 15 is 0 Å². The SMILES string of the molecule is COc1ccc(Cl)cc1C(N)C1CCCCS1. The lowest BCUT2D eigenvalue weighted by Gasteiger charge is -2.28. The van der Waals surface area contributed by atoms with Crippen molar-refractivity contribution in [2.45, 2.75) is 30.6 Å². The third-order valence-electron chi connectivity index (χ3n) is 3.17. The smallest absolute Gasteiger partial charge is 0.123 e. The third-order valence-corrected chi connectivity index (χ3v) is 4.88. The Kier molecular flexibility index (Phi) is 4.60. The molecule has 0 spiro atoms. The van der Waals surface area contributed by atoms with Crippen molar-refractivity contribution in [1.82, 2.24) is 0 Å².